The van der Waals surface area contributed by atoms with Crippen molar-refractivity contribution in [2.75, 3.05) is 13.7 Å². The summed E-state index contributed by atoms with van der Waals surface area (Å²) in [5.41, 5.74) is 7.91. The molecular weight excluding hydrogens is 317 g/mol. The van der Waals surface area contributed by atoms with Crippen LogP contribution in [0.3, 0.4) is 0 Å². The van der Waals surface area contributed by atoms with E-state index >= 15 is 0 Å². The van der Waals surface area contributed by atoms with Gasteiger partial charge in [0.05, 0.1) is 18.3 Å². The lowest BCUT2D eigenvalue weighted by Gasteiger charge is -2.32. The molecule has 134 valence electrons. The molecule has 1 saturated heterocycles. The number of hydrogen-bond acceptors (Lipinski definition) is 5. The number of benzene rings is 1. The molecule has 5 nitrogen and oxygen atoms in total. The van der Waals surface area contributed by atoms with E-state index in [0.717, 1.165) is 16.6 Å². The first kappa shape index (κ1) is 19.4. The topological polar surface area (TPSA) is 70.8 Å². The Morgan fingerprint density at radius 3 is 2.12 bits per heavy atom. The Bertz CT molecular complexity index is 661. The van der Waals surface area contributed by atoms with E-state index in [1.807, 2.05) is 58.0 Å². The van der Waals surface area contributed by atoms with Gasteiger partial charge in [0, 0.05) is 12.6 Å². The van der Waals surface area contributed by atoms with E-state index < -0.39 is 18.3 Å². The standard InChI is InChI=1S/C19H26BNO4/c1-18(2)19(3,4)25-20(24-18)16(13-21)12-15-8-6-14(7-9-15)10-11-17(22)23-5/h6-12H,13,21H2,1-5H3/b11-10+,16-12?. The Hall–Kier alpha value is -1.89. The average molecular weight is 343 g/mol. The van der Waals surface area contributed by atoms with E-state index in [-0.39, 0.29) is 5.97 Å². The quantitative estimate of drug-likeness (QED) is 0.506. The molecule has 1 aromatic carbocycles. The second-order valence-electron chi connectivity index (χ2n) is 7.03. The molecule has 2 N–H and O–H groups in total. The van der Waals surface area contributed by atoms with Crippen LogP contribution >= 0.6 is 0 Å². The maximum absolute atomic E-state index is 11.1. The maximum Gasteiger partial charge on any atom is 0.491 e. The Balaban J connectivity index is 2.15. The van der Waals surface area contributed by atoms with E-state index in [1.165, 1.54) is 13.2 Å². The molecule has 1 aromatic rings. The highest BCUT2D eigenvalue weighted by atomic mass is 16.7. The number of carbonyl (C=O) groups excluding carboxylic acids is 1. The third-order valence-electron chi connectivity index (χ3n) is 4.69. The van der Waals surface area contributed by atoms with E-state index in [4.69, 9.17) is 15.0 Å². The SMILES string of the molecule is COC(=O)/C=C/c1ccc(C=C(CN)B2OC(C)(C)C(C)(C)O2)cc1. The summed E-state index contributed by atoms with van der Waals surface area (Å²) in [7, 11) is 0.902. The predicted octanol–water partition coefficient (Wildman–Crippen LogP) is 2.85. The molecule has 0 spiro atoms. The van der Waals surface area contributed by atoms with E-state index in [0.29, 0.717) is 6.54 Å². The van der Waals surface area contributed by atoms with Crippen molar-refractivity contribution < 1.29 is 18.8 Å². The van der Waals surface area contributed by atoms with Crippen LogP contribution in [0.15, 0.2) is 35.8 Å². The first-order chi connectivity index (χ1) is 11.7. The molecule has 0 unspecified atom stereocenters. The van der Waals surface area contributed by atoms with Crippen molar-refractivity contribution in [2.45, 2.75) is 38.9 Å². The minimum absolute atomic E-state index is 0.348. The largest absolute Gasteiger partial charge is 0.491 e. The molecule has 1 heterocycles. The molecule has 1 fully saturated rings. The number of nitrogens with two attached hydrogens (primary N) is 1. The molecule has 0 bridgehead atoms. The molecule has 0 saturated carbocycles. The van der Waals surface area contributed by atoms with Crippen LogP contribution in [-0.2, 0) is 18.8 Å². The van der Waals surface area contributed by atoms with Gasteiger partial charge < -0.3 is 19.8 Å². The number of ether oxygens (including phenoxy) is 1. The molecule has 2 rings (SSSR count). The first-order valence-corrected chi connectivity index (χ1v) is 8.31. The van der Waals surface area contributed by atoms with Crippen LogP contribution in [0.4, 0.5) is 0 Å². The summed E-state index contributed by atoms with van der Waals surface area (Å²) in [5.74, 6) is -0.379. The van der Waals surface area contributed by atoms with Gasteiger partial charge in [0.25, 0.3) is 0 Å². The minimum Gasteiger partial charge on any atom is -0.466 e. The molecule has 0 atom stereocenters. The van der Waals surface area contributed by atoms with E-state index in [1.54, 1.807) is 6.08 Å². The normalized spacial score (nSPS) is 19.4. The Labute approximate surface area is 150 Å². The zero-order chi connectivity index (χ0) is 18.7. The second-order valence-corrected chi connectivity index (χ2v) is 7.03. The zero-order valence-electron chi connectivity index (χ0n) is 15.5. The third-order valence-corrected chi connectivity index (χ3v) is 4.69. The van der Waals surface area contributed by atoms with Crippen molar-refractivity contribution in [1.82, 2.24) is 0 Å². The van der Waals surface area contributed by atoms with Crippen molar-refractivity contribution in [1.29, 1.82) is 0 Å². The van der Waals surface area contributed by atoms with Gasteiger partial charge in [-0.15, -0.1) is 0 Å². The van der Waals surface area contributed by atoms with Crippen LogP contribution in [0.1, 0.15) is 38.8 Å². The van der Waals surface area contributed by atoms with Gasteiger partial charge in [-0.25, -0.2) is 4.79 Å². The highest BCUT2D eigenvalue weighted by Crippen LogP contribution is 2.38. The van der Waals surface area contributed by atoms with Gasteiger partial charge >= 0.3 is 13.1 Å². The van der Waals surface area contributed by atoms with Crippen molar-refractivity contribution in [3.05, 3.63) is 46.9 Å². The summed E-state index contributed by atoms with van der Waals surface area (Å²) in [6, 6.07) is 7.75. The van der Waals surface area contributed by atoms with Crippen LogP contribution in [0, 0.1) is 0 Å². The van der Waals surface area contributed by atoms with Crippen LogP contribution < -0.4 is 5.73 Å². The van der Waals surface area contributed by atoms with Crippen molar-refractivity contribution in [3.63, 3.8) is 0 Å². The summed E-state index contributed by atoms with van der Waals surface area (Å²) in [6.45, 7) is 8.42. The fraction of sp³-hybridized carbons (Fsp3) is 0.421. The molecule has 0 amide bonds. The second kappa shape index (κ2) is 7.56. The van der Waals surface area contributed by atoms with Crippen molar-refractivity contribution in [2.24, 2.45) is 5.73 Å². The Morgan fingerprint density at radius 1 is 1.12 bits per heavy atom. The van der Waals surface area contributed by atoms with E-state index in [9.17, 15) is 4.79 Å². The molecule has 0 aromatic heterocycles. The Kier molecular flexibility index (Phi) is 5.88. The van der Waals surface area contributed by atoms with E-state index in [2.05, 4.69) is 4.74 Å². The summed E-state index contributed by atoms with van der Waals surface area (Å²) < 4.78 is 16.7. The monoisotopic (exact) mass is 343 g/mol. The average Bonchev–Trinajstić information content (AvgIpc) is 2.79. The fourth-order valence-corrected chi connectivity index (χ4v) is 2.37. The summed E-state index contributed by atoms with van der Waals surface area (Å²) in [4.78, 5) is 11.1. The Morgan fingerprint density at radius 2 is 1.64 bits per heavy atom. The summed E-state index contributed by atoms with van der Waals surface area (Å²) in [6.07, 6.45) is 5.08. The van der Waals surface area contributed by atoms with Crippen molar-refractivity contribution in [3.8, 4) is 0 Å². The van der Waals surface area contributed by atoms with Gasteiger partial charge in [-0.2, -0.15) is 0 Å². The number of rotatable bonds is 5. The minimum atomic E-state index is -0.450. The smallest absolute Gasteiger partial charge is 0.466 e. The molecule has 1 aliphatic heterocycles. The molecule has 0 aliphatic carbocycles. The highest BCUT2D eigenvalue weighted by molar-refractivity contribution is 6.55. The van der Waals surface area contributed by atoms with Gasteiger partial charge in [-0.1, -0.05) is 30.3 Å². The van der Waals surface area contributed by atoms with Crippen molar-refractivity contribution >= 4 is 25.2 Å². The molecule has 0 radical (unpaired) electrons. The summed E-state index contributed by atoms with van der Waals surface area (Å²) in [5, 5.41) is 0. The summed E-state index contributed by atoms with van der Waals surface area (Å²) >= 11 is 0. The lowest BCUT2D eigenvalue weighted by Crippen LogP contribution is -2.41. The van der Waals surface area contributed by atoms with Gasteiger partial charge in [0.15, 0.2) is 0 Å². The number of esters is 1. The molecular formula is C19H26BNO4. The zero-order valence-corrected chi connectivity index (χ0v) is 15.5. The lowest BCUT2D eigenvalue weighted by molar-refractivity contribution is -0.134. The van der Waals surface area contributed by atoms with Crippen LogP contribution in [0.25, 0.3) is 12.2 Å². The van der Waals surface area contributed by atoms with Gasteiger partial charge in [-0.05, 0) is 50.4 Å². The molecule has 6 heteroatoms. The predicted molar refractivity (Wildman–Crippen MR) is 101 cm³/mol. The molecule has 1 aliphatic rings. The number of carbonyl (C=O) groups is 1. The molecule has 25 heavy (non-hydrogen) atoms. The first-order valence-electron chi connectivity index (χ1n) is 8.31. The third kappa shape index (κ3) is 4.60. The number of hydrogen-bond donors (Lipinski definition) is 1. The van der Waals surface area contributed by atoms with Gasteiger partial charge in [0.2, 0.25) is 0 Å². The van der Waals surface area contributed by atoms with Gasteiger partial charge in [-0.3, -0.25) is 0 Å². The highest BCUT2D eigenvalue weighted by Gasteiger charge is 2.52. The maximum atomic E-state index is 11.1. The van der Waals surface area contributed by atoms with Crippen LogP contribution in [-0.4, -0.2) is 37.9 Å². The number of methoxy groups -OCH3 is 1. The van der Waals surface area contributed by atoms with Crippen LogP contribution in [0.5, 0.6) is 0 Å². The van der Waals surface area contributed by atoms with Crippen LogP contribution in [0.2, 0.25) is 0 Å². The van der Waals surface area contributed by atoms with Gasteiger partial charge in [0.1, 0.15) is 0 Å². The fourth-order valence-electron chi connectivity index (χ4n) is 2.37. The lowest BCUT2D eigenvalue weighted by atomic mass is 9.77.